The molecule has 6 nitrogen and oxygen atoms in total. The van der Waals surface area contributed by atoms with E-state index in [1.165, 1.54) is 11.8 Å². The van der Waals surface area contributed by atoms with Crippen LogP contribution in [-0.2, 0) is 0 Å². The summed E-state index contributed by atoms with van der Waals surface area (Å²) in [5.41, 5.74) is 3.01. The highest BCUT2D eigenvalue weighted by atomic mass is 32.2. The van der Waals surface area contributed by atoms with Crippen LogP contribution in [0.25, 0.3) is 0 Å². The van der Waals surface area contributed by atoms with Crippen molar-refractivity contribution in [2.75, 3.05) is 6.26 Å². The summed E-state index contributed by atoms with van der Waals surface area (Å²) in [5, 5.41) is 7.72. The van der Waals surface area contributed by atoms with Gasteiger partial charge in [-0.15, -0.1) is 11.8 Å². The van der Waals surface area contributed by atoms with Crippen LogP contribution in [0.5, 0.6) is 0 Å². The summed E-state index contributed by atoms with van der Waals surface area (Å²) in [5.74, 6) is 1.90. The third-order valence-corrected chi connectivity index (χ3v) is 4.99. The molecule has 0 unspecified atom stereocenters. The number of thioether (sulfide) groups is 1. The van der Waals surface area contributed by atoms with Crippen molar-refractivity contribution in [3.63, 3.8) is 0 Å². The highest BCUT2D eigenvalue weighted by molar-refractivity contribution is 7.98. The molecular formula is C17H22N4O2S. The lowest BCUT2D eigenvalue weighted by Gasteiger charge is -2.16. The van der Waals surface area contributed by atoms with Gasteiger partial charge in [0.25, 0.3) is 5.91 Å². The summed E-state index contributed by atoms with van der Waals surface area (Å²) in [6, 6.07) is -0.194. The standard InChI is InChI=1S/C17H22N4O2S/c1-8(13-10(3)21-23-11(13)4)19-16(22)14-9(2)18-15(12-6-7-12)20-17(14)24-5/h8,12H,6-7H2,1-5H3,(H,19,22)/t8-/m1/s1. The Labute approximate surface area is 145 Å². The van der Waals surface area contributed by atoms with Crippen LogP contribution in [-0.4, -0.2) is 27.3 Å². The number of carbonyl (C=O) groups is 1. The predicted molar refractivity (Wildman–Crippen MR) is 92.4 cm³/mol. The molecule has 1 fully saturated rings. The second-order valence-electron chi connectivity index (χ2n) is 6.26. The van der Waals surface area contributed by atoms with E-state index < -0.39 is 0 Å². The van der Waals surface area contributed by atoms with Crippen molar-refractivity contribution < 1.29 is 9.32 Å². The number of hydrogen-bond donors (Lipinski definition) is 1. The maximum atomic E-state index is 12.8. The maximum Gasteiger partial charge on any atom is 0.256 e. The monoisotopic (exact) mass is 346 g/mol. The average molecular weight is 346 g/mol. The molecule has 2 heterocycles. The zero-order valence-electron chi connectivity index (χ0n) is 14.6. The van der Waals surface area contributed by atoms with Crippen LogP contribution in [0.3, 0.4) is 0 Å². The van der Waals surface area contributed by atoms with Gasteiger partial charge in [-0.3, -0.25) is 4.79 Å². The molecule has 1 aliphatic rings. The Morgan fingerprint density at radius 2 is 1.96 bits per heavy atom. The molecule has 0 aromatic carbocycles. The quantitative estimate of drug-likeness (QED) is 0.659. The van der Waals surface area contributed by atoms with Crippen molar-refractivity contribution >= 4 is 17.7 Å². The molecule has 1 saturated carbocycles. The Bertz CT molecular complexity index is 764. The van der Waals surface area contributed by atoms with Crippen LogP contribution >= 0.6 is 11.8 Å². The lowest BCUT2D eigenvalue weighted by Crippen LogP contribution is -2.29. The largest absolute Gasteiger partial charge is 0.361 e. The Balaban J connectivity index is 1.87. The Hall–Kier alpha value is -1.89. The van der Waals surface area contributed by atoms with Crippen molar-refractivity contribution in [1.82, 2.24) is 20.4 Å². The van der Waals surface area contributed by atoms with Crippen LogP contribution in [0, 0.1) is 20.8 Å². The van der Waals surface area contributed by atoms with Crippen molar-refractivity contribution in [2.24, 2.45) is 0 Å². The number of aryl methyl sites for hydroxylation is 3. The van der Waals surface area contributed by atoms with Crippen LogP contribution in [0.15, 0.2) is 9.55 Å². The highest BCUT2D eigenvalue weighted by Crippen LogP contribution is 2.39. The molecule has 1 amide bonds. The Morgan fingerprint density at radius 1 is 1.25 bits per heavy atom. The number of nitrogens with one attached hydrogen (secondary N) is 1. The summed E-state index contributed by atoms with van der Waals surface area (Å²) >= 11 is 1.49. The number of nitrogens with zero attached hydrogens (tertiary/aromatic N) is 3. The van der Waals surface area contributed by atoms with Gasteiger partial charge in [0.15, 0.2) is 0 Å². The number of rotatable bonds is 5. The van der Waals surface area contributed by atoms with E-state index in [9.17, 15) is 4.79 Å². The molecule has 0 bridgehead atoms. The smallest absolute Gasteiger partial charge is 0.256 e. The molecule has 1 aliphatic carbocycles. The van der Waals surface area contributed by atoms with Crippen molar-refractivity contribution in [3.8, 4) is 0 Å². The molecule has 0 radical (unpaired) electrons. The van der Waals surface area contributed by atoms with E-state index in [1.807, 2.05) is 34.0 Å². The first kappa shape index (κ1) is 17.0. The van der Waals surface area contributed by atoms with Crippen LogP contribution in [0.1, 0.15) is 70.6 Å². The molecule has 24 heavy (non-hydrogen) atoms. The number of aromatic nitrogens is 3. The summed E-state index contributed by atoms with van der Waals surface area (Å²) in [6.45, 7) is 7.53. The number of hydrogen-bond acceptors (Lipinski definition) is 6. The third-order valence-electron chi connectivity index (χ3n) is 4.31. The normalized spacial score (nSPS) is 15.4. The van der Waals surface area contributed by atoms with Crippen LogP contribution in [0.4, 0.5) is 0 Å². The van der Waals surface area contributed by atoms with Gasteiger partial charge in [-0.1, -0.05) is 5.16 Å². The molecule has 2 aromatic rings. The van der Waals surface area contributed by atoms with Crippen molar-refractivity contribution in [1.29, 1.82) is 0 Å². The molecule has 0 aliphatic heterocycles. The molecular weight excluding hydrogens is 324 g/mol. The lowest BCUT2D eigenvalue weighted by atomic mass is 10.1. The zero-order valence-corrected chi connectivity index (χ0v) is 15.5. The first-order chi connectivity index (χ1) is 11.4. The molecule has 1 atom stereocenters. The minimum Gasteiger partial charge on any atom is -0.361 e. The van der Waals surface area contributed by atoms with Gasteiger partial charge in [0.05, 0.1) is 23.0 Å². The van der Waals surface area contributed by atoms with Gasteiger partial charge in [0, 0.05) is 11.5 Å². The second kappa shape index (κ2) is 6.55. The van der Waals surface area contributed by atoms with E-state index >= 15 is 0 Å². The van der Waals surface area contributed by atoms with Gasteiger partial charge in [0.1, 0.15) is 16.6 Å². The van der Waals surface area contributed by atoms with E-state index in [-0.39, 0.29) is 11.9 Å². The van der Waals surface area contributed by atoms with E-state index in [1.54, 1.807) is 0 Å². The summed E-state index contributed by atoms with van der Waals surface area (Å²) in [7, 11) is 0. The van der Waals surface area contributed by atoms with Crippen molar-refractivity contribution in [3.05, 3.63) is 34.1 Å². The minimum absolute atomic E-state index is 0.160. The number of amides is 1. The van der Waals surface area contributed by atoms with E-state index in [4.69, 9.17) is 4.52 Å². The summed E-state index contributed by atoms with van der Waals surface area (Å²) < 4.78 is 5.19. The van der Waals surface area contributed by atoms with E-state index in [0.29, 0.717) is 11.5 Å². The predicted octanol–water partition coefficient (Wildman–Crippen LogP) is 3.48. The SMILES string of the molecule is CSc1nc(C2CC2)nc(C)c1C(=O)N[C@H](C)c1c(C)noc1C. The highest BCUT2D eigenvalue weighted by Gasteiger charge is 2.29. The van der Waals surface area contributed by atoms with Gasteiger partial charge in [-0.25, -0.2) is 9.97 Å². The third kappa shape index (κ3) is 3.17. The minimum atomic E-state index is -0.194. The molecule has 1 N–H and O–H groups in total. The number of carbonyl (C=O) groups excluding carboxylic acids is 1. The molecule has 7 heteroatoms. The van der Waals surface area contributed by atoms with Crippen LogP contribution < -0.4 is 5.32 Å². The summed E-state index contributed by atoms with van der Waals surface area (Å²) in [4.78, 5) is 22.0. The molecule has 128 valence electrons. The molecule has 0 saturated heterocycles. The van der Waals surface area contributed by atoms with Gasteiger partial charge in [-0.05, 0) is 46.8 Å². The van der Waals surface area contributed by atoms with Crippen LogP contribution in [0.2, 0.25) is 0 Å². The second-order valence-corrected chi connectivity index (χ2v) is 7.05. The Kier molecular flexibility index (Phi) is 4.62. The molecule has 2 aromatic heterocycles. The molecule has 3 rings (SSSR count). The first-order valence-corrected chi connectivity index (χ1v) is 9.31. The zero-order chi connectivity index (χ0) is 17.4. The van der Waals surface area contributed by atoms with Crippen molar-refractivity contribution in [2.45, 2.75) is 57.5 Å². The average Bonchev–Trinajstić information content (AvgIpc) is 3.31. The van der Waals surface area contributed by atoms with E-state index in [2.05, 4.69) is 20.4 Å². The topological polar surface area (TPSA) is 80.9 Å². The van der Waals surface area contributed by atoms with Gasteiger partial charge >= 0.3 is 0 Å². The fourth-order valence-corrected chi connectivity index (χ4v) is 3.58. The maximum absolute atomic E-state index is 12.8. The lowest BCUT2D eigenvalue weighted by molar-refractivity contribution is 0.0934. The Morgan fingerprint density at radius 3 is 2.50 bits per heavy atom. The summed E-state index contributed by atoms with van der Waals surface area (Å²) in [6.07, 6.45) is 4.22. The fraction of sp³-hybridized carbons (Fsp3) is 0.529. The van der Waals surface area contributed by atoms with Gasteiger partial charge in [-0.2, -0.15) is 0 Å². The molecule has 0 spiro atoms. The fourth-order valence-electron chi connectivity index (χ4n) is 2.95. The van der Waals surface area contributed by atoms with Gasteiger partial charge < -0.3 is 9.84 Å². The first-order valence-electron chi connectivity index (χ1n) is 8.08. The van der Waals surface area contributed by atoms with E-state index in [0.717, 1.165) is 46.4 Å². The van der Waals surface area contributed by atoms with Gasteiger partial charge in [0.2, 0.25) is 0 Å².